The number of carbonyl (C=O) groups excluding carboxylic acids is 8. The van der Waals surface area contributed by atoms with E-state index in [2.05, 4.69) is 43.8 Å². The Morgan fingerprint density at radius 2 is 1.43 bits per heavy atom. The second-order valence-electron chi connectivity index (χ2n) is 31.1. The van der Waals surface area contributed by atoms with E-state index in [-0.39, 0.29) is 77.0 Å². The van der Waals surface area contributed by atoms with Gasteiger partial charge < -0.3 is 127 Å². The number of carbonyl (C=O) groups is 9. The predicted octanol–water partition coefficient (Wildman–Crippen LogP) is 6.59. The van der Waals surface area contributed by atoms with Crippen molar-refractivity contribution in [1.82, 2.24) is 42.1 Å². The van der Waals surface area contributed by atoms with E-state index in [1.807, 2.05) is 34.7 Å². The van der Waals surface area contributed by atoms with Crippen LogP contribution in [0.1, 0.15) is 111 Å². The highest BCUT2D eigenvalue weighted by atomic mass is 127. The van der Waals surface area contributed by atoms with Gasteiger partial charge in [0.05, 0.1) is 50.9 Å². The third-order valence-electron chi connectivity index (χ3n) is 21.8. The zero-order valence-electron chi connectivity index (χ0n) is 66.8. The zero-order chi connectivity index (χ0) is 89.8. The summed E-state index contributed by atoms with van der Waals surface area (Å²) >= 11 is 28.7. The molecule has 11 bridgehead atoms. The number of carboxylic acids is 1. The summed E-state index contributed by atoms with van der Waals surface area (Å²) in [5, 5.41) is 125. The van der Waals surface area contributed by atoms with Gasteiger partial charge >= 0.3 is 12.1 Å². The molecule has 7 heterocycles. The molecule has 0 saturated carbocycles. The highest BCUT2D eigenvalue weighted by Gasteiger charge is 2.53. The molecule has 18 N–H and O–H groups in total. The summed E-state index contributed by atoms with van der Waals surface area (Å²) in [5.41, 5.74) is 3.50. The molecule has 7 aliphatic heterocycles. The second kappa shape index (κ2) is 39.5. The van der Waals surface area contributed by atoms with E-state index in [9.17, 15) is 65.1 Å². The number of nitrogens with two attached hydrogens (primary N) is 1. The quantitative estimate of drug-likeness (QED) is 0.0205. The Kier molecular flexibility index (Phi) is 29.6. The van der Waals surface area contributed by atoms with Crippen molar-refractivity contribution in [2.45, 2.75) is 176 Å². The molecular weight excluding hydrogens is 1820 g/mol. The highest BCUT2D eigenvalue weighted by molar-refractivity contribution is 14.1. The Morgan fingerprint density at radius 3 is 2.10 bits per heavy atom. The number of fused-ring (bicyclic) bond motifs is 14. The van der Waals surface area contributed by atoms with Gasteiger partial charge in [-0.3, -0.25) is 38.5 Å². The Bertz CT molecular complexity index is 5190. The maximum absolute atomic E-state index is 16.3. The lowest BCUT2D eigenvalue weighted by Gasteiger charge is -2.48. The number of aliphatic carboxylic acids is 1. The van der Waals surface area contributed by atoms with Gasteiger partial charge in [0.15, 0.2) is 29.9 Å². The number of likely N-dealkylation sites (N-methyl/N-ethyl adjacent to an activating group) is 1. The molecule has 662 valence electrons. The number of aromatic hydroxyl groups is 3. The fourth-order valence-corrected chi connectivity index (χ4v) is 16.7. The van der Waals surface area contributed by atoms with Gasteiger partial charge in [-0.1, -0.05) is 132 Å². The average Bonchev–Trinajstić information content (AvgIpc) is 0.761. The maximum Gasteiger partial charge on any atom is 0.410 e. The molecule has 1 aliphatic carbocycles. The number of nitrogens with zero attached hydrogens (tertiary/aromatic N) is 1. The second-order valence-corrected chi connectivity index (χ2v) is 33.6. The number of hydrogen-bond acceptors (Lipinski definition) is 26. The Hall–Kier alpha value is -10.3. The van der Waals surface area contributed by atoms with Crippen molar-refractivity contribution in [3.8, 4) is 57.1 Å². The fraction of sp³-hybridized carbons (Fsp3) is 0.393. The normalized spacial score (nSPS) is 27.3. The predicted molar refractivity (Wildman–Crippen MR) is 452 cm³/mol. The molecule has 8 aliphatic rings. The number of benzene rings is 6. The molecule has 6 aromatic rings. The summed E-state index contributed by atoms with van der Waals surface area (Å²) in [6, 6.07) is 7.67. The summed E-state index contributed by atoms with van der Waals surface area (Å²) in [6.45, 7) is 10.4. The SMILES string of the molecule is C=CCOC(=O)N(C)[C@H](CC(C)C)C(=O)N[C@H]1C(=O)N[C@@H](CC(N)=O)C(=O)N[C@H]2C(=O)N[C@H]3C(=O)N[C@H](C(=O)N[C@@H](C(=O)O)c4cc(O)cc(O)c4-c4cc3ccc4O)[C@H](O)C3C=C(Cl)C(=CC3)Oc3cc2cc(c3OC2OC(CI)C(O)C(O)C2OC2CC(C)(NCc3ccc(OCc4ccc(Cl)c(Cl)c4)cc3)C(O)C(C)O2)Oc2ccc(cc2Cl)[C@H]1O. The van der Waals surface area contributed by atoms with Gasteiger partial charge in [-0.15, -0.1) is 0 Å². The van der Waals surface area contributed by atoms with Crippen molar-refractivity contribution >= 4 is 122 Å². The summed E-state index contributed by atoms with van der Waals surface area (Å²) in [6.07, 6.45) is -15.6. The number of carboxylic acid groups (broad SMARTS) is 1. The number of ether oxygens (including phenoxy) is 8. The van der Waals surface area contributed by atoms with Crippen molar-refractivity contribution < 1.29 is 127 Å². The Balaban J connectivity index is 1.01. The summed E-state index contributed by atoms with van der Waals surface area (Å²) in [4.78, 5) is 134. The van der Waals surface area contributed by atoms with Crippen molar-refractivity contribution in [2.75, 3.05) is 18.1 Å². The van der Waals surface area contributed by atoms with E-state index in [0.717, 1.165) is 64.6 Å². The lowest BCUT2D eigenvalue weighted by Crippen LogP contribution is -2.65. The van der Waals surface area contributed by atoms with Crippen LogP contribution in [0, 0.1) is 11.8 Å². The third-order valence-corrected chi connectivity index (χ3v) is 24.0. The van der Waals surface area contributed by atoms with Gasteiger partial charge in [-0.05, 0) is 133 Å². The zero-order valence-corrected chi connectivity index (χ0v) is 71.9. The van der Waals surface area contributed by atoms with Crippen molar-refractivity contribution in [3.63, 3.8) is 0 Å². The molecule has 0 aromatic heterocycles. The Morgan fingerprint density at radius 1 is 0.742 bits per heavy atom. The number of halogens is 5. The van der Waals surface area contributed by atoms with Crippen LogP contribution in [0.15, 0.2) is 139 Å². The highest BCUT2D eigenvalue weighted by Crippen LogP contribution is 2.50. The summed E-state index contributed by atoms with van der Waals surface area (Å²) in [5.74, 6) is -17.2. The van der Waals surface area contributed by atoms with E-state index >= 15 is 24.0 Å². The minimum atomic E-state index is -2.38. The number of phenolic OH excluding ortho intramolecular Hbond substituents is 3. The van der Waals surface area contributed by atoms with Crippen LogP contribution >= 0.6 is 69.0 Å². The van der Waals surface area contributed by atoms with Gasteiger partial charge in [0, 0.05) is 58.7 Å². The standard InChI is InChI=1S/C84H90Cl4IN9O26/c1-7-20-117-83(116)98(6)52(21-35(2)3)76(109)96-66-68(103)40-12-18-55(49(87)24-40)120-57-26-42-27-58(72(57)124-82-73(71(106)70(105)59(32-89)122-82)123-61-31-84(5,74(107)36(4)119-61)91-33-37-8-14-44(15-9-37)118-34-38-10-16-47(85)48(86)22-38)121-56-19-13-41(25-50(56)88)69(104)67-80(113)95-65(81(114)115)46-28-43(99)29-54(101)62(46)45-23-39(11-17-53(45)100)63(77(110)97-67)94-78(111)64(42)93-75(108)51(30-60(90)102)92-79(66)112/h7-12,14-19,22-29,35-36,41,51-52,59,61,63-71,73-74,82,91,99-101,103-107H,1,13,20-21,30-34H2,2-6H3,(H2,90,102)(H,92,112)(H,93,108)(H,94,111)(H,95,113)(H,96,109)(H,97,110)(H,114,115)/t36?,41?,51-,52+,59?,61?,63+,64+,65+,66+,67-,68+,69+,70?,71?,73?,74?,82?,84?/m0/s1. The first kappa shape index (κ1) is 92.9. The molecule has 6 aromatic carbocycles. The Labute approximate surface area is 742 Å². The molecule has 40 heteroatoms. The molecule has 2 saturated heterocycles. The van der Waals surface area contributed by atoms with E-state index in [1.165, 1.54) is 37.4 Å². The molecule has 124 heavy (non-hydrogen) atoms. The van der Waals surface area contributed by atoms with E-state index in [1.54, 1.807) is 58.0 Å². The van der Waals surface area contributed by atoms with Gasteiger partial charge in [0.25, 0.3) is 0 Å². The van der Waals surface area contributed by atoms with Crippen LogP contribution in [0.4, 0.5) is 4.79 Å². The van der Waals surface area contributed by atoms with Gasteiger partial charge in [-0.25, -0.2) is 9.59 Å². The van der Waals surface area contributed by atoms with Gasteiger partial charge in [0.2, 0.25) is 53.4 Å². The summed E-state index contributed by atoms with van der Waals surface area (Å²) in [7, 11) is 1.24. The number of primary amides is 1. The van der Waals surface area contributed by atoms with Crippen LogP contribution in [0.3, 0.4) is 0 Å². The van der Waals surface area contributed by atoms with Crippen molar-refractivity contribution in [1.29, 1.82) is 0 Å². The first-order valence-electron chi connectivity index (χ1n) is 39.0. The number of hydrogen-bond donors (Lipinski definition) is 17. The van der Waals surface area contributed by atoms with Crippen LogP contribution in [0.5, 0.6) is 46.0 Å². The monoisotopic (exact) mass is 1910 g/mol. The van der Waals surface area contributed by atoms with Crippen LogP contribution in [0.25, 0.3) is 11.1 Å². The van der Waals surface area contributed by atoms with E-state index < -0.39 is 237 Å². The van der Waals surface area contributed by atoms with Gasteiger partial charge in [0.1, 0.15) is 102 Å². The lowest BCUT2D eigenvalue weighted by atomic mass is 9.84. The smallest absolute Gasteiger partial charge is 0.410 e. The van der Waals surface area contributed by atoms with Crippen LogP contribution < -0.4 is 61.9 Å². The molecule has 8 amide bonds. The third kappa shape index (κ3) is 20.9. The first-order valence-corrected chi connectivity index (χ1v) is 42.0. The van der Waals surface area contributed by atoms with Crippen LogP contribution in [-0.2, 0) is 70.5 Å². The number of nitrogens with one attached hydrogen (secondary N) is 7. The number of aliphatic hydroxyl groups excluding tert-OH is 5. The average molecular weight is 1910 g/mol. The van der Waals surface area contributed by atoms with Crippen molar-refractivity contribution in [2.24, 2.45) is 17.6 Å². The number of alkyl halides is 1. The minimum Gasteiger partial charge on any atom is -0.508 e. The number of phenols is 3. The number of rotatable bonds is 21. The van der Waals surface area contributed by atoms with Gasteiger partial charge in [-0.2, -0.15) is 0 Å². The van der Waals surface area contributed by atoms with Crippen LogP contribution in [0.2, 0.25) is 15.1 Å². The summed E-state index contributed by atoms with van der Waals surface area (Å²) < 4.78 is 51.4. The largest absolute Gasteiger partial charge is 0.508 e. The maximum atomic E-state index is 16.3. The minimum absolute atomic E-state index is 0.0379. The molecule has 2 fully saturated rings. The first-order chi connectivity index (χ1) is 58.8. The number of allylic oxidation sites excluding steroid dienone is 2. The molecule has 0 spiro atoms. The fourth-order valence-electron chi connectivity index (χ4n) is 15.1. The number of aliphatic hydroxyl groups is 5. The molecule has 14 rings (SSSR count). The molecule has 10 unspecified atom stereocenters. The van der Waals surface area contributed by atoms with E-state index in [4.69, 9.17) is 90.0 Å². The van der Waals surface area contributed by atoms with E-state index in [0.29, 0.717) is 15.8 Å². The molecule has 19 atom stereocenters. The topological polar surface area (TPSA) is 523 Å². The lowest BCUT2D eigenvalue weighted by molar-refractivity contribution is -0.330. The number of amides is 8. The molecule has 0 radical (unpaired) electrons. The molecular formula is C84H90Cl4IN9O26. The van der Waals surface area contributed by atoms with Crippen molar-refractivity contribution in [3.05, 3.63) is 187 Å². The molecule has 35 nitrogen and oxygen atoms in total. The van der Waals surface area contributed by atoms with Crippen LogP contribution in [-0.4, -0.2) is 207 Å².